The van der Waals surface area contributed by atoms with E-state index in [-0.39, 0.29) is 0 Å². The van der Waals surface area contributed by atoms with E-state index in [1.54, 1.807) is 6.20 Å². The number of hydrogen-bond donors (Lipinski definition) is 1. The molecule has 82 valence electrons. The number of pyridine rings is 1. The molecule has 1 aromatic carbocycles. The molecule has 0 amide bonds. The van der Waals surface area contributed by atoms with Crippen LogP contribution >= 0.6 is 0 Å². The third kappa shape index (κ3) is 1.76. The first-order chi connectivity index (χ1) is 7.74. The van der Waals surface area contributed by atoms with Gasteiger partial charge in [-0.2, -0.15) is 0 Å². The van der Waals surface area contributed by atoms with Crippen molar-refractivity contribution in [2.24, 2.45) is 0 Å². The molecule has 16 heavy (non-hydrogen) atoms. The van der Waals surface area contributed by atoms with Gasteiger partial charge in [-0.05, 0) is 17.9 Å². The molecule has 0 saturated carbocycles. The second-order valence-corrected chi connectivity index (χ2v) is 3.72. The predicted molar refractivity (Wildman–Crippen MR) is 62.4 cm³/mol. The molecule has 0 aliphatic carbocycles. The van der Waals surface area contributed by atoms with E-state index in [2.05, 4.69) is 4.98 Å². The van der Waals surface area contributed by atoms with Crippen LogP contribution in [0.1, 0.15) is 25.0 Å². The zero-order chi connectivity index (χ0) is 11.5. The monoisotopic (exact) mass is 215 g/mol. The highest BCUT2D eigenvalue weighted by atomic mass is 16.4. The number of rotatable bonds is 3. The van der Waals surface area contributed by atoms with Crippen LogP contribution in [0.5, 0.6) is 0 Å². The molecular formula is C13H13NO2. The van der Waals surface area contributed by atoms with E-state index in [0.717, 1.165) is 10.8 Å². The lowest BCUT2D eigenvalue weighted by Gasteiger charge is -2.11. The van der Waals surface area contributed by atoms with Gasteiger partial charge in [-0.15, -0.1) is 0 Å². The Kier molecular flexibility index (Phi) is 2.86. The summed E-state index contributed by atoms with van der Waals surface area (Å²) in [7, 11) is 0. The van der Waals surface area contributed by atoms with Crippen LogP contribution < -0.4 is 0 Å². The minimum absolute atomic E-state index is 0.522. The van der Waals surface area contributed by atoms with Gasteiger partial charge in [-0.3, -0.25) is 9.78 Å². The highest BCUT2D eigenvalue weighted by Gasteiger charge is 2.20. The Bertz CT molecular complexity index is 517. The summed E-state index contributed by atoms with van der Waals surface area (Å²) < 4.78 is 0. The topological polar surface area (TPSA) is 50.2 Å². The molecule has 1 N–H and O–H groups in total. The Balaban J connectivity index is 2.63. The molecule has 2 aromatic rings. The van der Waals surface area contributed by atoms with E-state index >= 15 is 0 Å². The number of nitrogens with zero attached hydrogens (tertiary/aromatic N) is 1. The van der Waals surface area contributed by atoms with Gasteiger partial charge < -0.3 is 5.11 Å². The van der Waals surface area contributed by atoms with Crippen molar-refractivity contribution in [2.45, 2.75) is 19.3 Å². The molecule has 2 rings (SSSR count). The molecule has 1 unspecified atom stereocenters. The quantitative estimate of drug-likeness (QED) is 0.856. The molecule has 3 heteroatoms. The molecule has 1 heterocycles. The molecule has 0 fully saturated rings. The lowest BCUT2D eigenvalue weighted by Crippen LogP contribution is -2.12. The molecular weight excluding hydrogens is 202 g/mol. The summed E-state index contributed by atoms with van der Waals surface area (Å²) in [6.07, 6.45) is 2.22. The Morgan fingerprint density at radius 3 is 2.81 bits per heavy atom. The van der Waals surface area contributed by atoms with Gasteiger partial charge in [0.25, 0.3) is 0 Å². The van der Waals surface area contributed by atoms with Gasteiger partial charge in [0, 0.05) is 11.6 Å². The number of aliphatic carboxylic acids is 1. The zero-order valence-corrected chi connectivity index (χ0v) is 9.05. The summed E-state index contributed by atoms with van der Waals surface area (Å²) in [6.45, 7) is 1.86. The van der Waals surface area contributed by atoms with Crippen molar-refractivity contribution < 1.29 is 9.90 Å². The fourth-order valence-corrected chi connectivity index (χ4v) is 1.91. The van der Waals surface area contributed by atoms with E-state index in [1.807, 2.05) is 37.3 Å². The van der Waals surface area contributed by atoms with Crippen molar-refractivity contribution >= 4 is 16.7 Å². The first kappa shape index (κ1) is 10.6. The molecule has 0 aliphatic heterocycles. The summed E-state index contributed by atoms with van der Waals surface area (Å²) in [5.41, 5.74) is 0.660. The summed E-state index contributed by atoms with van der Waals surface area (Å²) in [6, 6.07) is 9.63. The van der Waals surface area contributed by atoms with Gasteiger partial charge in [0.2, 0.25) is 0 Å². The molecule has 0 saturated heterocycles. The number of hydrogen-bond acceptors (Lipinski definition) is 2. The van der Waals surface area contributed by atoms with Gasteiger partial charge in [0.15, 0.2) is 0 Å². The Labute approximate surface area is 93.7 Å². The largest absolute Gasteiger partial charge is 0.481 e. The van der Waals surface area contributed by atoms with E-state index in [9.17, 15) is 4.79 Å². The third-order valence-corrected chi connectivity index (χ3v) is 2.74. The Hall–Kier alpha value is -1.90. The maximum atomic E-state index is 11.1. The minimum Gasteiger partial charge on any atom is -0.481 e. The van der Waals surface area contributed by atoms with Gasteiger partial charge in [0.05, 0.1) is 11.6 Å². The maximum Gasteiger partial charge on any atom is 0.312 e. The van der Waals surface area contributed by atoms with Crippen LogP contribution in [0.15, 0.2) is 36.5 Å². The summed E-state index contributed by atoms with van der Waals surface area (Å²) in [5.74, 6) is -1.34. The summed E-state index contributed by atoms with van der Waals surface area (Å²) in [5, 5.41) is 11.1. The predicted octanol–water partition coefficient (Wildman–Crippen LogP) is 2.81. The minimum atomic E-state index is -0.814. The second kappa shape index (κ2) is 4.31. The summed E-state index contributed by atoms with van der Waals surface area (Å²) in [4.78, 5) is 15.4. The van der Waals surface area contributed by atoms with E-state index < -0.39 is 11.9 Å². The molecule has 0 radical (unpaired) electrons. The van der Waals surface area contributed by atoms with Gasteiger partial charge in [-0.1, -0.05) is 31.2 Å². The highest BCUT2D eigenvalue weighted by Crippen LogP contribution is 2.25. The van der Waals surface area contributed by atoms with Gasteiger partial charge >= 0.3 is 5.97 Å². The number of benzene rings is 1. The van der Waals surface area contributed by atoms with Crippen molar-refractivity contribution in [2.75, 3.05) is 0 Å². The number of carbonyl (C=O) groups is 1. The van der Waals surface area contributed by atoms with E-state index in [1.165, 1.54) is 0 Å². The molecule has 0 bridgehead atoms. The second-order valence-electron chi connectivity index (χ2n) is 3.72. The van der Waals surface area contributed by atoms with Crippen molar-refractivity contribution in [1.29, 1.82) is 0 Å². The average Bonchev–Trinajstić information content (AvgIpc) is 2.30. The maximum absolute atomic E-state index is 11.1. The number of carboxylic acid groups (broad SMARTS) is 1. The normalized spacial score (nSPS) is 12.6. The van der Waals surface area contributed by atoms with Crippen LogP contribution in [-0.4, -0.2) is 16.1 Å². The smallest absolute Gasteiger partial charge is 0.312 e. The number of fused-ring (bicyclic) bond motifs is 1. The summed E-state index contributed by atoms with van der Waals surface area (Å²) >= 11 is 0. The number of aromatic nitrogens is 1. The molecule has 0 aliphatic rings. The van der Waals surface area contributed by atoms with Crippen molar-refractivity contribution in [1.82, 2.24) is 4.98 Å². The third-order valence-electron chi connectivity index (χ3n) is 2.74. The van der Waals surface area contributed by atoms with Crippen LogP contribution in [0.3, 0.4) is 0 Å². The van der Waals surface area contributed by atoms with E-state index in [0.29, 0.717) is 12.1 Å². The van der Waals surface area contributed by atoms with Gasteiger partial charge in [0.1, 0.15) is 0 Å². The van der Waals surface area contributed by atoms with E-state index in [4.69, 9.17) is 5.11 Å². The molecule has 3 nitrogen and oxygen atoms in total. The first-order valence-corrected chi connectivity index (χ1v) is 5.30. The lowest BCUT2D eigenvalue weighted by molar-refractivity contribution is -0.138. The highest BCUT2D eigenvalue weighted by molar-refractivity contribution is 5.89. The standard InChI is InChI=1S/C13H13NO2/c1-2-10(13(15)16)12-11-6-4-3-5-9(11)7-8-14-12/h3-8,10H,2H2,1H3,(H,15,16). The van der Waals surface area contributed by atoms with Crippen LogP contribution in [0, 0.1) is 0 Å². The molecule has 1 aromatic heterocycles. The van der Waals surface area contributed by atoms with Crippen molar-refractivity contribution in [3.05, 3.63) is 42.2 Å². The molecule has 1 atom stereocenters. The Morgan fingerprint density at radius 1 is 1.38 bits per heavy atom. The lowest BCUT2D eigenvalue weighted by atomic mass is 9.97. The van der Waals surface area contributed by atoms with Gasteiger partial charge in [-0.25, -0.2) is 0 Å². The van der Waals surface area contributed by atoms with Crippen molar-refractivity contribution in [3.8, 4) is 0 Å². The first-order valence-electron chi connectivity index (χ1n) is 5.30. The Morgan fingerprint density at radius 2 is 2.12 bits per heavy atom. The SMILES string of the molecule is CCC(C(=O)O)c1nccc2ccccc12. The fraction of sp³-hybridized carbons (Fsp3) is 0.231. The van der Waals surface area contributed by atoms with Crippen LogP contribution in [-0.2, 0) is 4.79 Å². The molecule has 0 spiro atoms. The fourth-order valence-electron chi connectivity index (χ4n) is 1.91. The average molecular weight is 215 g/mol. The van der Waals surface area contributed by atoms with Crippen LogP contribution in [0.2, 0.25) is 0 Å². The van der Waals surface area contributed by atoms with Crippen LogP contribution in [0.4, 0.5) is 0 Å². The zero-order valence-electron chi connectivity index (χ0n) is 9.05. The van der Waals surface area contributed by atoms with Crippen molar-refractivity contribution in [3.63, 3.8) is 0 Å². The van der Waals surface area contributed by atoms with Crippen LogP contribution in [0.25, 0.3) is 10.8 Å². The number of carboxylic acids is 1.